The molecule has 0 saturated carbocycles. The number of benzene rings is 1. The van der Waals surface area contributed by atoms with Crippen LogP contribution in [0.25, 0.3) is 5.52 Å². The van der Waals surface area contributed by atoms with E-state index in [-0.39, 0.29) is 38.4 Å². The van der Waals surface area contributed by atoms with E-state index in [4.69, 9.17) is 35.3 Å². The van der Waals surface area contributed by atoms with Crippen LogP contribution in [0.3, 0.4) is 0 Å². The minimum atomic E-state index is -4.38. The van der Waals surface area contributed by atoms with E-state index >= 15 is 0 Å². The number of nitriles is 1. The maximum Gasteiger partial charge on any atom is 0.472 e. The van der Waals surface area contributed by atoms with E-state index in [2.05, 4.69) is 10.1 Å². The van der Waals surface area contributed by atoms with Crippen LogP contribution in [0.5, 0.6) is 0 Å². The smallest absolute Gasteiger partial charge is 0.382 e. The summed E-state index contributed by atoms with van der Waals surface area (Å²) in [6, 6.07) is 9.39. The fourth-order valence-corrected chi connectivity index (χ4v) is 4.68. The summed E-state index contributed by atoms with van der Waals surface area (Å²) < 4.78 is 48.7. The van der Waals surface area contributed by atoms with E-state index in [0.29, 0.717) is 29.7 Å². The number of aromatic nitrogens is 3. The third kappa shape index (κ3) is 6.43. The Morgan fingerprint density at radius 2 is 2.17 bits per heavy atom. The van der Waals surface area contributed by atoms with Crippen LogP contribution in [0.2, 0.25) is 0 Å². The zero-order valence-corrected chi connectivity index (χ0v) is 20.1. The largest absolute Gasteiger partial charge is 0.472 e. The van der Waals surface area contributed by atoms with Gasteiger partial charge in [0.25, 0.3) is 0 Å². The minimum absolute atomic E-state index is 0.0868. The lowest BCUT2D eigenvalue weighted by Gasteiger charge is -2.25. The Labute approximate surface area is 206 Å². The molecule has 0 spiro atoms. The van der Waals surface area contributed by atoms with Gasteiger partial charge in [0, 0.05) is 6.61 Å². The summed E-state index contributed by atoms with van der Waals surface area (Å²) in [5.74, 6) is -0.187. The Hall–Kier alpha value is -2.95. The highest BCUT2D eigenvalue weighted by molar-refractivity contribution is 7.47. The number of nitrogens with zero attached hydrogens (tertiary/aromatic N) is 4. The first-order valence-corrected chi connectivity index (χ1v) is 12.6. The van der Waals surface area contributed by atoms with Gasteiger partial charge in [-0.1, -0.05) is 0 Å². The molecule has 3 aromatic rings. The van der Waals surface area contributed by atoms with Gasteiger partial charge in [-0.2, -0.15) is 10.4 Å². The molecule has 4 rings (SSSR count). The van der Waals surface area contributed by atoms with Crippen LogP contribution < -0.4 is 11.5 Å². The maximum absolute atomic E-state index is 13.4. The number of fused-ring (bicyclic) bond motifs is 1. The fourth-order valence-electron chi connectivity index (χ4n) is 3.87. The molecule has 1 aliphatic rings. The highest BCUT2D eigenvalue weighted by Crippen LogP contribution is 2.46. The molecule has 14 heteroatoms. The molecule has 3 atom stereocenters. The molecule has 1 aromatic carbocycles. The number of phosphoric ester groups is 1. The zero-order valence-electron chi connectivity index (χ0n) is 19.2. The van der Waals surface area contributed by atoms with E-state index in [1.807, 2.05) is 12.1 Å². The van der Waals surface area contributed by atoms with Gasteiger partial charge in [0.2, 0.25) is 0 Å². The van der Waals surface area contributed by atoms with Gasteiger partial charge in [-0.25, -0.2) is 18.5 Å². The Morgan fingerprint density at radius 3 is 2.97 bits per heavy atom. The highest BCUT2D eigenvalue weighted by Gasteiger charge is 2.41. The molecule has 1 aliphatic heterocycles. The van der Waals surface area contributed by atoms with E-state index in [1.165, 1.54) is 18.5 Å². The van der Waals surface area contributed by atoms with Crippen LogP contribution in [0.4, 0.5) is 10.2 Å². The van der Waals surface area contributed by atoms with Crippen LogP contribution >= 0.6 is 7.82 Å². The number of hydrogen-bond acceptors (Lipinski definition) is 10. The fraction of sp³-hybridized carbons (Fsp3) is 0.409. The predicted octanol–water partition coefficient (Wildman–Crippen LogP) is 2.57. The van der Waals surface area contributed by atoms with Crippen molar-refractivity contribution in [2.75, 3.05) is 25.6 Å². The molecule has 12 nitrogen and oxygen atoms in total. The minimum Gasteiger partial charge on any atom is -0.382 e. The third-order valence-electron chi connectivity index (χ3n) is 5.56. The molecule has 0 bridgehead atoms. The summed E-state index contributed by atoms with van der Waals surface area (Å²) in [5.41, 5.74) is 12.9. The number of nitrogens with two attached hydrogens (primary N) is 2. The molecule has 5 N–H and O–H groups in total. The first-order chi connectivity index (χ1) is 17.2. The Kier molecular flexibility index (Phi) is 7.97. The average molecular weight is 520 g/mol. The normalized spacial score (nSPS) is 21.4. The molecule has 36 heavy (non-hydrogen) atoms. The Bertz CT molecular complexity index is 1320. The lowest BCUT2D eigenvalue weighted by molar-refractivity contribution is -0.0719. The Balaban J connectivity index is 1.19. The van der Waals surface area contributed by atoms with Crippen LogP contribution in [0, 0.1) is 17.1 Å². The molecule has 0 radical (unpaired) electrons. The number of anilines is 1. The summed E-state index contributed by atoms with van der Waals surface area (Å²) >= 11 is 0. The number of phosphoric acid groups is 1. The van der Waals surface area contributed by atoms with Crippen molar-refractivity contribution in [2.24, 2.45) is 5.73 Å². The van der Waals surface area contributed by atoms with Crippen LogP contribution in [0.1, 0.15) is 42.2 Å². The number of rotatable bonds is 11. The van der Waals surface area contributed by atoms with Gasteiger partial charge in [-0.3, -0.25) is 9.05 Å². The highest BCUT2D eigenvalue weighted by atomic mass is 31.2. The van der Waals surface area contributed by atoms with E-state index < -0.39 is 25.5 Å². The number of nitrogen functional groups attached to an aromatic ring is 1. The van der Waals surface area contributed by atoms with Gasteiger partial charge in [-0.15, -0.1) is 0 Å². The second-order valence-corrected chi connectivity index (χ2v) is 9.81. The third-order valence-corrected chi connectivity index (χ3v) is 6.53. The van der Waals surface area contributed by atoms with Gasteiger partial charge >= 0.3 is 7.82 Å². The molecular formula is C22H26FN6O6P. The van der Waals surface area contributed by atoms with E-state index in [0.717, 1.165) is 11.8 Å². The second kappa shape index (κ2) is 11.0. The maximum atomic E-state index is 13.4. The number of halogens is 1. The molecule has 2 aromatic heterocycles. The first kappa shape index (κ1) is 26.1. The lowest BCUT2D eigenvalue weighted by atomic mass is 10.1. The number of hydrogen-bond donors (Lipinski definition) is 3. The second-order valence-electron chi connectivity index (χ2n) is 8.35. The van der Waals surface area contributed by atoms with Crippen molar-refractivity contribution in [1.82, 2.24) is 14.6 Å². The van der Waals surface area contributed by atoms with Gasteiger partial charge < -0.3 is 25.8 Å². The van der Waals surface area contributed by atoms with Crippen molar-refractivity contribution in [3.63, 3.8) is 0 Å². The van der Waals surface area contributed by atoms with Gasteiger partial charge in [0.05, 0.1) is 30.5 Å². The summed E-state index contributed by atoms with van der Waals surface area (Å²) in [6.45, 7) is -0.194. The van der Waals surface area contributed by atoms with Gasteiger partial charge in [-0.05, 0) is 55.2 Å². The lowest BCUT2D eigenvalue weighted by Crippen LogP contribution is -2.43. The van der Waals surface area contributed by atoms with Crippen molar-refractivity contribution in [1.29, 1.82) is 5.26 Å². The predicted molar refractivity (Wildman–Crippen MR) is 124 cm³/mol. The molecule has 192 valence electrons. The van der Waals surface area contributed by atoms with Crippen molar-refractivity contribution in [3.8, 4) is 6.07 Å². The molecule has 0 amide bonds. The Morgan fingerprint density at radius 1 is 1.33 bits per heavy atom. The van der Waals surface area contributed by atoms with E-state index in [1.54, 1.807) is 10.6 Å². The van der Waals surface area contributed by atoms with Crippen molar-refractivity contribution >= 4 is 19.2 Å². The summed E-state index contributed by atoms with van der Waals surface area (Å²) in [4.78, 5) is 13.9. The summed E-state index contributed by atoms with van der Waals surface area (Å²) in [6.07, 6.45) is 2.15. The summed E-state index contributed by atoms with van der Waals surface area (Å²) in [7, 11) is -4.38. The van der Waals surface area contributed by atoms with Crippen molar-refractivity contribution in [2.45, 2.75) is 37.7 Å². The first-order valence-electron chi connectivity index (χ1n) is 11.1. The van der Waals surface area contributed by atoms with Crippen LogP contribution in [0.15, 0.2) is 36.7 Å². The summed E-state index contributed by atoms with van der Waals surface area (Å²) in [5, 5.41) is 13.1. The molecule has 0 aliphatic carbocycles. The molecule has 1 saturated heterocycles. The zero-order chi connectivity index (χ0) is 25.8. The SMILES string of the molecule is N#Cc1cc(F)cc(COCCCOP(=O)(O)OC[C@]2(N)CC[C@H](c3ccc4c(N)ncnn34)O2)c1. The van der Waals surface area contributed by atoms with Gasteiger partial charge in [0.1, 0.15) is 36.1 Å². The average Bonchev–Trinajstić information content (AvgIpc) is 3.45. The molecular weight excluding hydrogens is 494 g/mol. The molecule has 3 heterocycles. The van der Waals surface area contributed by atoms with Crippen molar-refractivity contribution in [3.05, 3.63) is 59.3 Å². The molecule has 1 fully saturated rings. The quantitative estimate of drug-likeness (QED) is 0.250. The van der Waals surface area contributed by atoms with E-state index in [9.17, 15) is 13.8 Å². The van der Waals surface area contributed by atoms with Crippen LogP contribution in [-0.4, -0.2) is 45.0 Å². The molecule has 1 unspecified atom stereocenters. The topological polar surface area (TPSA) is 180 Å². The number of ether oxygens (including phenoxy) is 2. The monoisotopic (exact) mass is 520 g/mol. The van der Waals surface area contributed by atoms with Crippen molar-refractivity contribution < 1.29 is 32.4 Å². The van der Waals surface area contributed by atoms with Crippen LogP contribution in [-0.2, 0) is 29.7 Å². The van der Waals surface area contributed by atoms with Gasteiger partial charge in [0.15, 0.2) is 5.82 Å². The standard InChI is InChI=1S/C22H26FN6O6P/c23-17-9-15(11-24)8-16(10-17)12-32-6-1-7-33-36(30,31)34-13-22(26)5-4-20(35-22)18-2-3-19-21(25)27-14-28-29(18)19/h2-3,8-10,14,20H,1,4-7,12-13,26H2,(H,30,31)(H2,25,27,28)/t20-,22+/m1/s1.